The van der Waals surface area contributed by atoms with E-state index in [0.29, 0.717) is 16.7 Å². The van der Waals surface area contributed by atoms with Gasteiger partial charge in [-0.15, -0.1) is 0 Å². The zero-order valence-corrected chi connectivity index (χ0v) is 16.1. The molecule has 0 unspecified atom stereocenters. The molecule has 30 heavy (non-hydrogen) atoms. The Morgan fingerprint density at radius 3 is 2.67 bits per heavy atom. The quantitative estimate of drug-likeness (QED) is 0.548. The van der Waals surface area contributed by atoms with Crippen LogP contribution in [0.3, 0.4) is 0 Å². The summed E-state index contributed by atoms with van der Waals surface area (Å²) >= 11 is 0. The summed E-state index contributed by atoms with van der Waals surface area (Å²) in [5, 5.41) is 11.5. The van der Waals surface area contributed by atoms with E-state index in [4.69, 9.17) is 0 Å². The van der Waals surface area contributed by atoms with Crippen LogP contribution in [0.25, 0.3) is 16.4 Å². The molecule has 7 nitrogen and oxygen atoms in total. The van der Waals surface area contributed by atoms with Crippen LogP contribution in [0.1, 0.15) is 47.8 Å². The minimum absolute atomic E-state index is 0.0295. The fourth-order valence-electron chi connectivity index (χ4n) is 4.34. The van der Waals surface area contributed by atoms with E-state index >= 15 is 0 Å². The van der Waals surface area contributed by atoms with Crippen molar-refractivity contribution in [2.45, 2.75) is 37.6 Å². The number of aromatic amines is 1. The lowest BCUT2D eigenvalue weighted by Crippen LogP contribution is -2.38. The first-order valence-corrected chi connectivity index (χ1v) is 10.0. The highest BCUT2D eigenvalue weighted by atomic mass is 19.1. The number of carbonyl (C=O) groups is 1. The van der Waals surface area contributed by atoms with Gasteiger partial charge in [0.1, 0.15) is 17.2 Å². The zero-order chi connectivity index (χ0) is 20.7. The van der Waals surface area contributed by atoms with Gasteiger partial charge in [0.2, 0.25) is 0 Å². The number of hydrogen-bond donors (Lipinski definition) is 2. The second-order valence-corrected chi connectivity index (χ2v) is 7.72. The van der Waals surface area contributed by atoms with Gasteiger partial charge in [-0.2, -0.15) is 5.10 Å². The van der Waals surface area contributed by atoms with Gasteiger partial charge in [0.05, 0.1) is 17.3 Å². The Bertz CT molecular complexity index is 1300. The average molecular weight is 405 g/mol. The summed E-state index contributed by atoms with van der Waals surface area (Å²) in [6.07, 6.45) is 6.05. The van der Waals surface area contributed by atoms with Crippen molar-refractivity contribution in [1.29, 1.82) is 0 Å². The van der Waals surface area contributed by atoms with Gasteiger partial charge in [0, 0.05) is 23.5 Å². The molecule has 1 aliphatic carbocycles. The molecule has 3 aromatic heterocycles. The second kappa shape index (κ2) is 7.37. The molecular weight excluding hydrogens is 385 g/mol. The normalized spacial score (nSPS) is 19.2. The van der Waals surface area contributed by atoms with Gasteiger partial charge in [-0.3, -0.25) is 14.0 Å². The summed E-state index contributed by atoms with van der Waals surface area (Å²) in [6, 6.07) is 10.4. The minimum atomic E-state index is -0.421. The molecule has 1 amide bonds. The van der Waals surface area contributed by atoms with E-state index in [9.17, 15) is 14.0 Å². The van der Waals surface area contributed by atoms with Crippen LogP contribution in [-0.2, 0) is 0 Å². The van der Waals surface area contributed by atoms with Crippen LogP contribution in [0.2, 0.25) is 0 Å². The third-order valence-electron chi connectivity index (χ3n) is 5.88. The largest absolute Gasteiger partial charge is 0.348 e. The van der Waals surface area contributed by atoms with E-state index in [1.165, 1.54) is 22.9 Å². The first kappa shape index (κ1) is 18.5. The third kappa shape index (κ3) is 3.24. The van der Waals surface area contributed by atoms with E-state index in [1.807, 2.05) is 24.3 Å². The lowest BCUT2D eigenvalue weighted by molar-refractivity contribution is 0.0919. The molecule has 5 rings (SSSR count). The number of amides is 1. The second-order valence-electron chi connectivity index (χ2n) is 7.72. The van der Waals surface area contributed by atoms with Crippen LogP contribution in [0, 0.1) is 5.82 Å². The number of hydrogen-bond acceptors (Lipinski definition) is 4. The van der Waals surface area contributed by atoms with Gasteiger partial charge in [0.25, 0.3) is 11.5 Å². The lowest BCUT2D eigenvalue weighted by Gasteiger charge is -2.29. The summed E-state index contributed by atoms with van der Waals surface area (Å²) in [4.78, 5) is 28.9. The molecule has 2 N–H and O–H groups in total. The Kier molecular flexibility index (Phi) is 4.54. The Hall–Kier alpha value is -3.55. The molecule has 0 spiro atoms. The van der Waals surface area contributed by atoms with E-state index in [2.05, 4.69) is 20.5 Å². The number of imidazole rings is 1. The van der Waals surface area contributed by atoms with Gasteiger partial charge >= 0.3 is 0 Å². The Morgan fingerprint density at radius 1 is 1.10 bits per heavy atom. The number of aromatic nitrogens is 4. The molecule has 1 fully saturated rings. The number of benzene rings is 1. The molecule has 8 heteroatoms. The number of rotatable bonds is 3. The number of nitrogens with zero attached hydrogens (tertiary/aromatic N) is 3. The van der Waals surface area contributed by atoms with E-state index in [0.717, 1.165) is 36.8 Å². The van der Waals surface area contributed by atoms with Crippen LogP contribution in [0.4, 0.5) is 4.39 Å². The maximum atomic E-state index is 13.5. The van der Waals surface area contributed by atoms with Crippen molar-refractivity contribution in [3.63, 3.8) is 0 Å². The molecule has 1 aliphatic rings. The van der Waals surface area contributed by atoms with Crippen molar-refractivity contribution in [3.8, 4) is 0 Å². The van der Waals surface area contributed by atoms with Crippen molar-refractivity contribution >= 4 is 22.3 Å². The standard InChI is InChI=1S/C22H20FN5O2/c23-14-7-10-19-24-11-18(28(19)12-14)22(30)25-15-8-5-13(6-9-15)20-16-3-1-2-4-17(16)21(29)27-26-20/h1-4,7,10-13,15H,5-6,8-9H2,(H,25,30)(H,27,29). The molecule has 1 aromatic carbocycles. The average Bonchev–Trinajstić information content (AvgIpc) is 3.18. The van der Waals surface area contributed by atoms with Gasteiger partial charge in [0.15, 0.2) is 0 Å². The highest BCUT2D eigenvalue weighted by Gasteiger charge is 2.27. The number of halogens is 1. The first-order valence-electron chi connectivity index (χ1n) is 10.0. The van der Waals surface area contributed by atoms with Crippen LogP contribution in [0.5, 0.6) is 0 Å². The molecule has 3 heterocycles. The SMILES string of the molecule is O=C(NC1CCC(c2n[nH]c(=O)c3ccccc23)CC1)c1cnc2ccc(F)cn12. The Morgan fingerprint density at radius 2 is 1.87 bits per heavy atom. The predicted octanol–water partition coefficient (Wildman–Crippen LogP) is 3.17. The van der Waals surface area contributed by atoms with Gasteiger partial charge in [-0.1, -0.05) is 18.2 Å². The number of nitrogens with one attached hydrogen (secondary N) is 2. The number of pyridine rings is 1. The molecule has 0 atom stereocenters. The van der Waals surface area contributed by atoms with Crippen LogP contribution >= 0.6 is 0 Å². The summed E-state index contributed by atoms with van der Waals surface area (Å²) in [7, 11) is 0. The molecule has 0 bridgehead atoms. The van der Waals surface area contributed by atoms with Gasteiger partial charge < -0.3 is 5.32 Å². The molecule has 152 valence electrons. The molecule has 0 radical (unpaired) electrons. The van der Waals surface area contributed by atoms with Crippen molar-refractivity contribution in [2.24, 2.45) is 0 Å². The van der Waals surface area contributed by atoms with Gasteiger partial charge in [-0.25, -0.2) is 14.5 Å². The monoisotopic (exact) mass is 405 g/mol. The summed E-state index contributed by atoms with van der Waals surface area (Å²) in [5.74, 6) is -0.454. The number of H-pyrrole nitrogens is 1. The lowest BCUT2D eigenvalue weighted by atomic mass is 9.82. The number of fused-ring (bicyclic) bond motifs is 2. The number of carbonyl (C=O) groups excluding carboxylic acids is 1. The molecule has 1 saturated carbocycles. The zero-order valence-electron chi connectivity index (χ0n) is 16.1. The van der Waals surface area contributed by atoms with Crippen LogP contribution in [0.15, 0.2) is 53.6 Å². The molecular formula is C22H20FN5O2. The topological polar surface area (TPSA) is 92.1 Å². The predicted molar refractivity (Wildman–Crippen MR) is 110 cm³/mol. The maximum Gasteiger partial charge on any atom is 0.272 e. The Labute approximate surface area is 171 Å². The highest BCUT2D eigenvalue weighted by Crippen LogP contribution is 2.34. The first-order chi connectivity index (χ1) is 14.6. The van der Waals surface area contributed by atoms with E-state index < -0.39 is 5.82 Å². The molecule has 0 aliphatic heterocycles. The molecule has 0 saturated heterocycles. The van der Waals surface area contributed by atoms with Crippen molar-refractivity contribution < 1.29 is 9.18 Å². The van der Waals surface area contributed by atoms with Crippen LogP contribution in [-0.4, -0.2) is 31.5 Å². The van der Waals surface area contributed by atoms with E-state index in [-0.39, 0.29) is 23.4 Å². The fourth-order valence-corrected chi connectivity index (χ4v) is 4.34. The van der Waals surface area contributed by atoms with Crippen LogP contribution < -0.4 is 10.9 Å². The van der Waals surface area contributed by atoms with Crippen molar-refractivity contribution in [3.05, 3.63) is 76.4 Å². The molecule has 4 aromatic rings. The highest BCUT2D eigenvalue weighted by molar-refractivity contribution is 5.93. The third-order valence-corrected chi connectivity index (χ3v) is 5.88. The summed E-state index contributed by atoms with van der Waals surface area (Å²) in [5.41, 5.74) is 1.58. The fraction of sp³-hybridized carbons (Fsp3) is 0.273. The summed E-state index contributed by atoms with van der Waals surface area (Å²) < 4.78 is 15.0. The van der Waals surface area contributed by atoms with Crippen molar-refractivity contribution in [2.75, 3.05) is 0 Å². The smallest absolute Gasteiger partial charge is 0.272 e. The maximum absolute atomic E-state index is 13.5. The summed E-state index contributed by atoms with van der Waals surface area (Å²) in [6.45, 7) is 0. The minimum Gasteiger partial charge on any atom is -0.348 e. The van der Waals surface area contributed by atoms with Crippen molar-refractivity contribution in [1.82, 2.24) is 24.9 Å². The van der Waals surface area contributed by atoms with Gasteiger partial charge in [-0.05, 0) is 43.9 Å². The van der Waals surface area contributed by atoms with E-state index in [1.54, 1.807) is 6.07 Å². The Balaban J connectivity index is 1.30.